The molecule has 4 N–H and O–H groups in total. The van der Waals surface area contributed by atoms with Crippen LogP contribution in [-0.2, 0) is 0 Å². The monoisotopic (exact) mass is 554 g/mol. The van der Waals surface area contributed by atoms with Crippen LogP contribution in [0.5, 0.6) is 0 Å². The molecule has 6 aromatic rings. The summed E-state index contributed by atoms with van der Waals surface area (Å²) in [6.07, 6.45) is 0. The largest absolute Gasteiger partial charge is 0.332 e. The summed E-state index contributed by atoms with van der Waals surface area (Å²) in [5.41, 5.74) is 6.03. The third-order valence-electron chi connectivity index (χ3n) is 6.69. The third kappa shape index (κ3) is 5.78. The minimum absolute atomic E-state index is 0.549. The van der Waals surface area contributed by atoms with Crippen molar-refractivity contribution < 1.29 is 0 Å². The molecule has 0 atom stereocenters. The Balaban J connectivity index is 1.07. The summed E-state index contributed by atoms with van der Waals surface area (Å²) in [6.45, 7) is 0. The lowest BCUT2D eigenvalue weighted by molar-refractivity contribution is 1.57. The fourth-order valence-electron chi connectivity index (χ4n) is 4.73. The maximum atomic E-state index is 5.58. The normalized spacial score (nSPS) is 10.7. The topological polar surface area (TPSA) is 48.1 Å². The quantitative estimate of drug-likeness (QED) is 0.159. The lowest BCUT2D eigenvalue weighted by Crippen LogP contribution is -2.19. The van der Waals surface area contributed by atoms with Crippen molar-refractivity contribution in [3.05, 3.63) is 133 Å². The average Bonchev–Trinajstić information content (AvgIpc) is 2.98. The molecule has 0 saturated carbocycles. The van der Waals surface area contributed by atoms with Crippen LogP contribution in [0.25, 0.3) is 32.7 Å². The number of anilines is 4. The highest BCUT2D eigenvalue weighted by atomic mass is 32.1. The number of rotatable bonds is 5. The fourth-order valence-corrected chi connectivity index (χ4v) is 5.19. The van der Waals surface area contributed by atoms with Crippen LogP contribution in [-0.4, -0.2) is 10.2 Å². The molecule has 0 bridgehead atoms. The highest BCUT2D eigenvalue weighted by Crippen LogP contribution is 2.26. The fraction of sp³-hybridized carbons (Fsp3) is 0. The molecule has 0 aliphatic heterocycles. The molecule has 0 unspecified atom stereocenters. The Kier molecular flexibility index (Phi) is 7.35. The molecule has 6 heteroatoms. The molecule has 0 aliphatic carbocycles. The molecule has 0 spiro atoms. The molecule has 0 heterocycles. The molecule has 4 nitrogen and oxygen atoms in total. The van der Waals surface area contributed by atoms with Gasteiger partial charge >= 0.3 is 0 Å². The van der Waals surface area contributed by atoms with Crippen LogP contribution in [0.4, 0.5) is 22.7 Å². The predicted octanol–water partition coefficient (Wildman–Crippen LogP) is 9.28. The summed E-state index contributed by atoms with van der Waals surface area (Å²) >= 11 is 11.2. The van der Waals surface area contributed by atoms with Crippen molar-refractivity contribution in [1.29, 1.82) is 0 Å². The zero-order chi connectivity index (χ0) is 27.3. The maximum absolute atomic E-state index is 5.58. The van der Waals surface area contributed by atoms with Crippen LogP contribution in [0, 0.1) is 0 Å². The number of hydrogen-bond donors (Lipinski definition) is 4. The van der Waals surface area contributed by atoms with Gasteiger partial charge in [-0.1, -0.05) is 97.1 Å². The van der Waals surface area contributed by atoms with Gasteiger partial charge < -0.3 is 21.3 Å². The van der Waals surface area contributed by atoms with Gasteiger partial charge in [-0.15, -0.1) is 0 Å². The Morgan fingerprint density at radius 3 is 1.18 bits per heavy atom. The predicted molar refractivity (Wildman–Crippen MR) is 179 cm³/mol. The van der Waals surface area contributed by atoms with Crippen molar-refractivity contribution in [2.75, 3.05) is 21.3 Å². The molecule has 0 radical (unpaired) electrons. The van der Waals surface area contributed by atoms with Gasteiger partial charge in [0.25, 0.3) is 0 Å². The van der Waals surface area contributed by atoms with Crippen molar-refractivity contribution in [1.82, 2.24) is 0 Å². The molecule has 0 aliphatic rings. The van der Waals surface area contributed by atoms with Crippen molar-refractivity contribution in [2.45, 2.75) is 0 Å². The van der Waals surface area contributed by atoms with Crippen LogP contribution in [0.1, 0.15) is 0 Å². The smallest absolute Gasteiger partial charge is 0.175 e. The molecule has 6 aromatic carbocycles. The zero-order valence-electron chi connectivity index (χ0n) is 21.5. The Morgan fingerprint density at radius 1 is 0.375 bits per heavy atom. The van der Waals surface area contributed by atoms with Gasteiger partial charge in [-0.05, 0) is 82.7 Å². The number of hydrogen-bond acceptors (Lipinski definition) is 2. The third-order valence-corrected chi connectivity index (χ3v) is 7.10. The van der Waals surface area contributed by atoms with Crippen molar-refractivity contribution in [3.63, 3.8) is 0 Å². The van der Waals surface area contributed by atoms with Crippen molar-refractivity contribution in [2.24, 2.45) is 0 Å². The summed E-state index contributed by atoms with van der Waals surface area (Å²) in [6, 6.07) is 45.2. The lowest BCUT2D eigenvalue weighted by atomic mass is 10.1. The summed E-state index contributed by atoms with van der Waals surface area (Å²) in [5.74, 6) is 0. The number of nitrogens with one attached hydrogen (secondary N) is 4. The second-order valence-electron chi connectivity index (χ2n) is 9.37. The first-order valence-corrected chi connectivity index (χ1v) is 13.8. The molecular formula is C34H26N4S2. The van der Waals surface area contributed by atoms with Crippen LogP contribution in [0.2, 0.25) is 0 Å². The van der Waals surface area contributed by atoms with E-state index in [-0.39, 0.29) is 0 Å². The number of fused-ring (bicyclic) bond motifs is 2. The van der Waals surface area contributed by atoms with Gasteiger partial charge in [-0.2, -0.15) is 0 Å². The first-order chi connectivity index (χ1) is 19.6. The molecule has 40 heavy (non-hydrogen) atoms. The van der Waals surface area contributed by atoms with E-state index in [1.165, 1.54) is 10.8 Å². The average molecular weight is 555 g/mol. The van der Waals surface area contributed by atoms with Gasteiger partial charge in [0, 0.05) is 33.5 Å². The van der Waals surface area contributed by atoms with Gasteiger partial charge in [0.2, 0.25) is 0 Å². The summed E-state index contributed by atoms with van der Waals surface area (Å²) < 4.78 is 0. The second kappa shape index (κ2) is 11.5. The second-order valence-corrected chi connectivity index (χ2v) is 10.2. The van der Waals surface area contributed by atoms with E-state index in [9.17, 15) is 0 Å². The molecule has 0 aromatic heterocycles. The van der Waals surface area contributed by atoms with E-state index in [0.717, 1.165) is 44.6 Å². The van der Waals surface area contributed by atoms with Crippen molar-refractivity contribution in [3.8, 4) is 11.1 Å². The Bertz CT molecular complexity index is 1680. The summed E-state index contributed by atoms with van der Waals surface area (Å²) in [4.78, 5) is 0. The summed E-state index contributed by atoms with van der Waals surface area (Å²) in [7, 11) is 0. The van der Waals surface area contributed by atoms with Crippen LogP contribution < -0.4 is 21.3 Å². The van der Waals surface area contributed by atoms with E-state index in [1.54, 1.807) is 0 Å². The van der Waals surface area contributed by atoms with Crippen molar-refractivity contribution >= 4 is 79.0 Å². The molecule has 0 fully saturated rings. The lowest BCUT2D eigenvalue weighted by Gasteiger charge is -2.14. The van der Waals surface area contributed by atoms with E-state index in [0.29, 0.717) is 10.2 Å². The number of thiocarbonyl (C=S) groups is 2. The van der Waals surface area contributed by atoms with Gasteiger partial charge in [0.15, 0.2) is 10.2 Å². The molecule has 6 rings (SSSR count). The molecule has 0 saturated heterocycles. The highest BCUT2D eigenvalue weighted by Gasteiger charge is 2.06. The zero-order valence-corrected chi connectivity index (χ0v) is 23.2. The maximum Gasteiger partial charge on any atom is 0.175 e. The minimum Gasteiger partial charge on any atom is -0.332 e. The van der Waals surface area contributed by atoms with E-state index in [2.05, 4.69) is 81.9 Å². The van der Waals surface area contributed by atoms with Crippen LogP contribution >= 0.6 is 24.4 Å². The van der Waals surface area contributed by atoms with Crippen LogP contribution in [0.15, 0.2) is 133 Å². The van der Waals surface area contributed by atoms with Crippen LogP contribution in [0.3, 0.4) is 0 Å². The Hall–Kier alpha value is -4.78. The van der Waals surface area contributed by atoms with Gasteiger partial charge in [-0.3, -0.25) is 0 Å². The Labute approximate surface area is 244 Å². The Morgan fingerprint density at radius 2 is 0.750 bits per heavy atom. The van der Waals surface area contributed by atoms with E-state index < -0.39 is 0 Å². The van der Waals surface area contributed by atoms with Gasteiger partial charge in [-0.25, -0.2) is 0 Å². The standard InChI is InChI=1S/C34H26N4S2/c39-33(37-31-13-5-9-25-7-1-3-11-29(25)31)35-27-19-15-23(16-20-27)24-17-21-28(22-18-24)36-34(40)38-32-14-6-10-26-8-2-4-12-30(26)32/h1-22H,(H2,35,37,39)(H2,36,38,40). The van der Waals surface area contributed by atoms with Gasteiger partial charge in [0.1, 0.15) is 0 Å². The molecule has 0 amide bonds. The van der Waals surface area contributed by atoms with Gasteiger partial charge in [0.05, 0.1) is 0 Å². The highest BCUT2D eigenvalue weighted by molar-refractivity contribution is 7.81. The number of benzene rings is 6. The molecule has 194 valence electrons. The SMILES string of the molecule is S=C(Nc1ccc(-c2ccc(NC(=S)Nc3cccc4ccccc34)cc2)cc1)Nc1cccc2ccccc12. The minimum atomic E-state index is 0.549. The molecular weight excluding hydrogens is 529 g/mol. The first kappa shape index (κ1) is 25.5. The van der Waals surface area contributed by atoms with E-state index in [1.807, 2.05) is 72.8 Å². The van der Waals surface area contributed by atoms with E-state index in [4.69, 9.17) is 24.4 Å². The van der Waals surface area contributed by atoms with E-state index >= 15 is 0 Å². The first-order valence-electron chi connectivity index (χ1n) is 12.9. The summed E-state index contributed by atoms with van der Waals surface area (Å²) in [5, 5.41) is 18.9.